The molecular weight excluding hydrogens is 496 g/mol. The number of aromatic amines is 1. The first kappa shape index (κ1) is 24.8. The highest BCUT2D eigenvalue weighted by molar-refractivity contribution is 7.71. The number of ketones is 1. The van der Waals surface area contributed by atoms with Crippen LogP contribution in [-0.4, -0.2) is 27.1 Å². The zero-order valence-electron chi connectivity index (χ0n) is 21.8. The van der Waals surface area contributed by atoms with Gasteiger partial charge in [-0.25, -0.2) is 0 Å². The first-order valence-electron chi connectivity index (χ1n) is 13.5. The van der Waals surface area contributed by atoms with Crippen LogP contribution in [0.2, 0.25) is 0 Å². The van der Waals surface area contributed by atoms with E-state index in [0.29, 0.717) is 41.9 Å². The van der Waals surface area contributed by atoms with Crippen molar-refractivity contribution in [2.75, 3.05) is 0 Å². The fourth-order valence-electron chi connectivity index (χ4n) is 5.42. The Bertz CT molecular complexity index is 1540. The van der Waals surface area contributed by atoms with Gasteiger partial charge < -0.3 is 15.6 Å². The van der Waals surface area contributed by atoms with Crippen LogP contribution in [0.3, 0.4) is 0 Å². The minimum absolute atomic E-state index is 0.00530. The van der Waals surface area contributed by atoms with Crippen molar-refractivity contribution in [1.82, 2.24) is 20.2 Å². The van der Waals surface area contributed by atoms with Crippen molar-refractivity contribution in [3.05, 3.63) is 79.9 Å². The number of rotatable bonds is 6. The van der Waals surface area contributed by atoms with Gasteiger partial charge in [0.2, 0.25) is 0 Å². The number of carbonyl (C=O) groups is 3. The number of aryl methyl sites for hydroxylation is 3. The standard InChI is InChI=1S/C15H15N3OS.C15H17NO2/c1-8-4-10-6-16-14(19)11(10)5-13(8)18-7-12(9-2-3-9)17-15(18)20;1-9-6-12-8-16-15(18)13(12)7-11(9)4-5-14(17)10-2-3-10/h4-5,7,9H,2-3,6H2,1H3,(H,16,19)(H,17,20);6-7,10H,2-5,8H2,1H3,(H,16,18). The Kier molecular flexibility index (Phi) is 6.30. The fourth-order valence-corrected chi connectivity index (χ4v) is 5.69. The van der Waals surface area contributed by atoms with Gasteiger partial charge in [0.15, 0.2) is 4.77 Å². The van der Waals surface area contributed by atoms with Gasteiger partial charge in [0, 0.05) is 54.4 Å². The molecule has 2 fully saturated rings. The van der Waals surface area contributed by atoms with Crippen LogP contribution in [0.15, 0.2) is 30.5 Å². The van der Waals surface area contributed by atoms with E-state index in [1.165, 1.54) is 24.1 Å². The van der Waals surface area contributed by atoms with Gasteiger partial charge in [-0.3, -0.25) is 19.0 Å². The smallest absolute Gasteiger partial charge is 0.251 e. The zero-order chi connectivity index (χ0) is 26.6. The molecule has 196 valence electrons. The maximum Gasteiger partial charge on any atom is 0.251 e. The average Bonchev–Trinajstić information content (AvgIpc) is 3.82. The van der Waals surface area contributed by atoms with Crippen LogP contribution < -0.4 is 10.6 Å². The molecule has 0 unspecified atom stereocenters. The number of aromatic nitrogens is 2. The monoisotopic (exact) mass is 528 g/mol. The van der Waals surface area contributed by atoms with Crippen molar-refractivity contribution in [2.45, 2.75) is 71.4 Å². The highest BCUT2D eigenvalue weighted by Crippen LogP contribution is 2.39. The second kappa shape index (κ2) is 9.66. The molecule has 2 aliphatic carbocycles. The van der Waals surface area contributed by atoms with Crippen LogP contribution >= 0.6 is 12.2 Å². The molecule has 4 aliphatic rings. The largest absolute Gasteiger partial charge is 0.348 e. The first-order chi connectivity index (χ1) is 18.3. The maximum atomic E-state index is 11.8. The second-order valence-corrected chi connectivity index (χ2v) is 11.4. The summed E-state index contributed by atoms with van der Waals surface area (Å²) in [4.78, 5) is 38.4. The zero-order valence-corrected chi connectivity index (χ0v) is 22.6. The lowest BCUT2D eigenvalue weighted by molar-refractivity contribution is -0.120. The number of Topliss-reactive ketones (excluding diaryl/α,β-unsaturated/α-hetero) is 1. The van der Waals surface area contributed by atoms with Crippen molar-refractivity contribution < 1.29 is 14.4 Å². The molecule has 0 radical (unpaired) electrons. The Balaban J connectivity index is 0.000000140. The topological polar surface area (TPSA) is 96.0 Å². The fraction of sp³-hybridized carbons (Fsp3) is 0.400. The quantitative estimate of drug-likeness (QED) is 0.387. The minimum atomic E-state index is 0.00530. The van der Waals surface area contributed by atoms with Crippen LogP contribution in [0.1, 0.15) is 92.2 Å². The average molecular weight is 529 g/mol. The van der Waals surface area contributed by atoms with E-state index in [1.807, 2.05) is 16.7 Å². The number of benzene rings is 2. The van der Waals surface area contributed by atoms with Crippen LogP contribution in [0.25, 0.3) is 5.69 Å². The molecule has 2 aromatic carbocycles. The molecule has 3 N–H and O–H groups in total. The van der Waals surface area contributed by atoms with Crippen molar-refractivity contribution >= 4 is 29.8 Å². The number of H-pyrrole nitrogens is 1. The number of nitrogens with one attached hydrogen (secondary N) is 3. The second-order valence-electron chi connectivity index (χ2n) is 11.0. The van der Waals surface area contributed by atoms with Gasteiger partial charge in [-0.2, -0.15) is 0 Å². The molecule has 2 aliphatic heterocycles. The molecule has 3 aromatic rings. The molecule has 7 nitrogen and oxygen atoms in total. The van der Waals surface area contributed by atoms with Gasteiger partial charge in [0.05, 0.1) is 5.69 Å². The summed E-state index contributed by atoms with van der Waals surface area (Å²) < 4.78 is 2.69. The highest BCUT2D eigenvalue weighted by Gasteiger charge is 2.29. The summed E-state index contributed by atoms with van der Waals surface area (Å²) in [6.45, 7) is 5.38. The number of fused-ring (bicyclic) bond motifs is 2. The van der Waals surface area contributed by atoms with E-state index < -0.39 is 0 Å². The molecule has 38 heavy (non-hydrogen) atoms. The van der Waals surface area contributed by atoms with Crippen molar-refractivity contribution in [2.24, 2.45) is 5.92 Å². The third kappa shape index (κ3) is 4.85. The lowest BCUT2D eigenvalue weighted by Crippen LogP contribution is -2.12. The molecule has 0 spiro atoms. The number of hydrogen-bond donors (Lipinski definition) is 3. The highest BCUT2D eigenvalue weighted by atomic mass is 32.1. The van der Waals surface area contributed by atoms with Gasteiger partial charge in [0.25, 0.3) is 11.8 Å². The lowest BCUT2D eigenvalue weighted by Gasteiger charge is -2.09. The van der Waals surface area contributed by atoms with Crippen molar-refractivity contribution in [1.29, 1.82) is 0 Å². The SMILES string of the molecule is Cc1cc2c(cc1-n1cc(C3CC3)[nH]c1=S)C(=O)NC2.Cc1cc2c(cc1CCC(=O)C1CC1)C(=O)NC2. The summed E-state index contributed by atoms with van der Waals surface area (Å²) in [5.41, 5.74) is 9.37. The summed E-state index contributed by atoms with van der Waals surface area (Å²) in [5, 5.41) is 5.68. The minimum Gasteiger partial charge on any atom is -0.348 e. The van der Waals surface area contributed by atoms with Crippen LogP contribution in [0.5, 0.6) is 0 Å². The maximum absolute atomic E-state index is 11.8. The summed E-state index contributed by atoms with van der Waals surface area (Å²) in [5.74, 6) is 1.38. The molecule has 2 amide bonds. The van der Waals surface area contributed by atoms with E-state index in [-0.39, 0.29) is 11.8 Å². The predicted molar refractivity (Wildman–Crippen MR) is 147 cm³/mol. The molecule has 2 saturated carbocycles. The summed E-state index contributed by atoms with van der Waals surface area (Å²) in [7, 11) is 0. The van der Waals surface area contributed by atoms with E-state index in [1.54, 1.807) is 0 Å². The molecular formula is C30H32N4O3S. The predicted octanol–water partition coefficient (Wildman–Crippen LogP) is 5.11. The Morgan fingerprint density at radius 2 is 1.55 bits per heavy atom. The molecule has 0 saturated heterocycles. The van der Waals surface area contributed by atoms with Crippen molar-refractivity contribution in [3.63, 3.8) is 0 Å². The third-order valence-electron chi connectivity index (χ3n) is 8.04. The van der Waals surface area contributed by atoms with Crippen LogP contribution in [0.4, 0.5) is 0 Å². The van der Waals surface area contributed by atoms with E-state index >= 15 is 0 Å². The van der Waals surface area contributed by atoms with Gasteiger partial charge >= 0.3 is 0 Å². The number of nitrogens with zero attached hydrogens (tertiary/aromatic N) is 1. The third-order valence-corrected chi connectivity index (χ3v) is 8.34. The Labute approximate surface area is 227 Å². The molecule has 0 atom stereocenters. The normalized spacial score (nSPS) is 17.3. The van der Waals surface area contributed by atoms with E-state index in [4.69, 9.17) is 12.2 Å². The summed E-state index contributed by atoms with van der Waals surface area (Å²) >= 11 is 5.43. The van der Waals surface area contributed by atoms with Gasteiger partial charge in [-0.05, 0) is 98.1 Å². The number of amides is 2. The Morgan fingerprint density at radius 3 is 2.18 bits per heavy atom. The molecule has 7 rings (SSSR count). The molecule has 0 bridgehead atoms. The molecule has 8 heteroatoms. The van der Waals surface area contributed by atoms with E-state index in [2.05, 4.69) is 47.8 Å². The summed E-state index contributed by atoms with van der Waals surface area (Å²) in [6, 6.07) is 8.07. The first-order valence-corrected chi connectivity index (χ1v) is 13.9. The van der Waals surface area contributed by atoms with Crippen molar-refractivity contribution in [3.8, 4) is 5.69 Å². The summed E-state index contributed by atoms with van der Waals surface area (Å²) in [6.07, 6.45) is 8.09. The Morgan fingerprint density at radius 1 is 0.921 bits per heavy atom. The molecule has 3 heterocycles. The van der Waals surface area contributed by atoms with Crippen LogP contribution in [0, 0.1) is 24.5 Å². The lowest BCUT2D eigenvalue weighted by atomic mass is 9.96. The number of carbonyl (C=O) groups excluding carboxylic acids is 3. The number of hydrogen-bond acceptors (Lipinski definition) is 4. The van der Waals surface area contributed by atoms with E-state index in [0.717, 1.165) is 58.3 Å². The van der Waals surface area contributed by atoms with E-state index in [9.17, 15) is 14.4 Å². The van der Waals surface area contributed by atoms with Gasteiger partial charge in [-0.15, -0.1) is 0 Å². The van der Waals surface area contributed by atoms with Gasteiger partial charge in [0.1, 0.15) is 5.78 Å². The number of imidazole rings is 1. The van der Waals surface area contributed by atoms with Gasteiger partial charge in [-0.1, -0.05) is 12.1 Å². The Hall–Kier alpha value is -3.52. The molecule has 1 aromatic heterocycles. The van der Waals surface area contributed by atoms with Crippen LogP contribution in [-0.2, 0) is 24.3 Å².